The van der Waals surface area contributed by atoms with Gasteiger partial charge in [0.25, 0.3) is 0 Å². The summed E-state index contributed by atoms with van der Waals surface area (Å²) in [4.78, 5) is 11.7. The quantitative estimate of drug-likeness (QED) is 0.884. The summed E-state index contributed by atoms with van der Waals surface area (Å²) in [6, 6.07) is 10.1. The molecule has 1 amide bonds. The van der Waals surface area contributed by atoms with Crippen molar-refractivity contribution in [3.63, 3.8) is 0 Å². The summed E-state index contributed by atoms with van der Waals surface area (Å²) >= 11 is 0. The molecule has 0 spiro atoms. The lowest BCUT2D eigenvalue weighted by Crippen LogP contribution is -2.37. The Balaban J connectivity index is 1.75. The van der Waals surface area contributed by atoms with Gasteiger partial charge in [0.05, 0.1) is 0 Å². The second-order valence-corrected chi connectivity index (χ2v) is 4.91. The van der Waals surface area contributed by atoms with Crippen LogP contribution >= 0.6 is 0 Å². The molecule has 98 valence electrons. The number of carbonyl (C=O) groups excluding carboxylic acids is 1. The van der Waals surface area contributed by atoms with E-state index in [1.165, 1.54) is 12.8 Å². The molecule has 0 aromatic heterocycles. The van der Waals surface area contributed by atoms with Crippen LogP contribution in [0.3, 0.4) is 0 Å². The minimum absolute atomic E-state index is 0.288. The molecule has 3 nitrogen and oxygen atoms in total. The highest BCUT2D eigenvalue weighted by Crippen LogP contribution is 2.28. The molecule has 2 atom stereocenters. The summed E-state index contributed by atoms with van der Waals surface area (Å²) < 4.78 is 5.23. The maximum Gasteiger partial charge on any atom is 0.407 e. The van der Waals surface area contributed by atoms with Crippen molar-refractivity contribution in [3.8, 4) is 0 Å². The molecule has 1 aromatic rings. The van der Waals surface area contributed by atoms with Gasteiger partial charge in [0.15, 0.2) is 0 Å². The van der Waals surface area contributed by atoms with Crippen LogP contribution in [0.25, 0.3) is 0 Å². The highest BCUT2D eigenvalue weighted by atomic mass is 16.5. The number of hydrogen-bond donors (Lipinski definition) is 1. The lowest BCUT2D eigenvalue weighted by molar-refractivity contribution is 0.133. The predicted molar refractivity (Wildman–Crippen MR) is 71.2 cm³/mol. The van der Waals surface area contributed by atoms with Gasteiger partial charge in [-0.2, -0.15) is 0 Å². The molecule has 0 bridgehead atoms. The van der Waals surface area contributed by atoms with Crippen molar-refractivity contribution < 1.29 is 9.53 Å². The van der Waals surface area contributed by atoms with Crippen molar-refractivity contribution in [2.24, 2.45) is 5.92 Å². The zero-order valence-corrected chi connectivity index (χ0v) is 10.9. The van der Waals surface area contributed by atoms with Gasteiger partial charge < -0.3 is 10.1 Å². The van der Waals surface area contributed by atoms with E-state index in [2.05, 4.69) is 12.2 Å². The van der Waals surface area contributed by atoms with E-state index >= 15 is 0 Å². The molecule has 1 aromatic carbocycles. The third kappa shape index (κ3) is 3.49. The molecule has 0 saturated heterocycles. The van der Waals surface area contributed by atoms with Crippen LogP contribution in [0.15, 0.2) is 30.3 Å². The Labute approximate surface area is 109 Å². The normalized spacial score (nSPS) is 22.7. The molecule has 1 aliphatic carbocycles. The van der Waals surface area contributed by atoms with Gasteiger partial charge >= 0.3 is 6.09 Å². The Hall–Kier alpha value is -1.51. The fraction of sp³-hybridized carbons (Fsp3) is 0.533. The van der Waals surface area contributed by atoms with Crippen LogP contribution in [-0.2, 0) is 11.3 Å². The number of benzene rings is 1. The van der Waals surface area contributed by atoms with Gasteiger partial charge in [0, 0.05) is 6.04 Å². The van der Waals surface area contributed by atoms with Crippen LogP contribution in [0.2, 0.25) is 0 Å². The molecule has 0 radical (unpaired) electrons. The fourth-order valence-electron chi connectivity index (χ4n) is 2.63. The van der Waals surface area contributed by atoms with E-state index in [1.807, 2.05) is 30.3 Å². The molecule has 2 rings (SSSR count). The Bertz CT molecular complexity index is 377. The summed E-state index contributed by atoms with van der Waals surface area (Å²) in [5.74, 6) is 0.620. The van der Waals surface area contributed by atoms with E-state index in [4.69, 9.17) is 4.74 Å². The maximum absolute atomic E-state index is 11.7. The summed E-state index contributed by atoms with van der Waals surface area (Å²) in [5.41, 5.74) is 1.02. The van der Waals surface area contributed by atoms with E-state index in [0.717, 1.165) is 18.4 Å². The van der Waals surface area contributed by atoms with Gasteiger partial charge in [-0.15, -0.1) is 0 Å². The summed E-state index contributed by atoms with van der Waals surface area (Å²) in [6.45, 7) is 2.52. The first-order valence-electron chi connectivity index (χ1n) is 6.77. The Morgan fingerprint density at radius 3 is 2.83 bits per heavy atom. The van der Waals surface area contributed by atoms with Crippen LogP contribution in [0.5, 0.6) is 0 Å². The average molecular weight is 247 g/mol. The number of carbonyl (C=O) groups is 1. The number of hydrogen-bond acceptors (Lipinski definition) is 2. The minimum Gasteiger partial charge on any atom is -0.445 e. The van der Waals surface area contributed by atoms with Crippen molar-refractivity contribution in [1.29, 1.82) is 0 Å². The SMILES string of the molecule is CCC1CCCC1NC(=O)OCc1ccccc1. The van der Waals surface area contributed by atoms with Gasteiger partial charge in [0.1, 0.15) is 6.61 Å². The smallest absolute Gasteiger partial charge is 0.407 e. The second kappa shape index (κ2) is 6.43. The third-order valence-corrected chi connectivity index (χ3v) is 3.70. The molecule has 1 aliphatic rings. The fourth-order valence-corrected chi connectivity index (χ4v) is 2.63. The Morgan fingerprint density at radius 2 is 2.11 bits per heavy atom. The number of nitrogens with one attached hydrogen (secondary N) is 1. The van der Waals surface area contributed by atoms with Gasteiger partial charge in [0.2, 0.25) is 0 Å². The summed E-state index contributed by atoms with van der Waals surface area (Å²) in [7, 11) is 0. The molecular weight excluding hydrogens is 226 g/mol. The van der Waals surface area contributed by atoms with Crippen LogP contribution in [0.4, 0.5) is 4.79 Å². The predicted octanol–water partition coefficient (Wildman–Crippen LogP) is 3.49. The van der Waals surface area contributed by atoms with Crippen molar-refractivity contribution in [2.45, 2.75) is 45.3 Å². The van der Waals surface area contributed by atoms with E-state index in [0.29, 0.717) is 18.6 Å². The van der Waals surface area contributed by atoms with Gasteiger partial charge in [-0.1, -0.05) is 50.1 Å². The topological polar surface area (TPSA) is 38.3 Å². The van der Waals surface area contributed by atoms with Gasteiger partial charge in [-0.25, -0.2) is 4.79 Å². The first-order chi connectivity index (χ1) is 8.79. The standard InChI is InChI=1S/C15H21NO2/c1-2-13-9-6-10-14(13)16-15(17)18-11-12-7-4-3-5-8-12/h3-5,7-8,13-14H,2,6,9-11H2,1H3,(H,16,17). The van der Waals surface area contributed by atoms with Crippen molar-refractivity contribution in [3.05, 3.63) is 35.9 Å². The molecule has 0 heterocycles. The molecule has 2 unspecified atom stereocenters. The zero-order chi connectivity index (χ0) is 12.8. The van der Waals surface area contributed by atoms with Crippen molar-refractivity contribution >= 4 is 6.09 Å². The molecule has 1 N–H and O–H groups in total. The molecule has 1 fully saturated rings. The highest BCUT2D eigenvalue weighted by molar-refractivity contribution is 5.67. The lowest BCUT2D eigenvalue weighted by atomic mass is 10.0. The van der Waals surface area contributed by atoms with E-state index in [-0.39, 0.29) is 6.09 Å². The van der Waals surface area contributed by atoms with E-state index in [9.17, 15) is 4.79 Å². The second-order valence-electron chi connectivity index (χ2n) is 4.91. The number of rotatable bonds is 4. The van der Waals surface area contributed by atoms with Crippen LogP contribution in [0, 0.1) is 5.92 Å². The first kappa shape index (κ1) is 12.9. The molecular formula is C15H21NO2. The Morgan fingerprint density at radius 1 is 1.33 bits per heavy atom. The molecule has 3 heteroatoms. The molecule has 1 saturated carbocycles. The first-order valence-corrected chi connectivity index (χ1v) is 6.77. The average Bonchev–Trinajstić information content (AvgIpc) is 2.85. The minimum atomic E-state index is -0.288. The van der Waals surface area contributed by atoms with E-state index in [1.54, 1.807) is 0 Å². The van der Waals surface area contributed by atoms with E-state index < -0.39 is 0 Å². The highest BCUT2D eigenvalue weighted by Gasteiger charge is 2.27. The maximum atomic E-state index is 11.7. The van der Waals surface area contributed by atoms with Crippen molar-refractivity contribution in [1.82, 2.24) is 5.32 Å². The number of ether oxygens (including phenoxy) is 1. The molecule has 18 heavy (non-hydrogen) atoms. The van der Waals surface area contributed by atoms with Crippen molar-refractivity contribution in [2.75, 3.05) is 0 Å². The van der Waals surface area contributed by atoms with Crippen LogP contribution in [-0.4, -0.2) is 12.1 Å². The largest absolute Gasteiger partial charge is 0.445 e. The third-order valence-electron chi connectivity index (χ3n) is 3.70. The van der Waals surface area contributed by atoms with Crippen LogP contribution in [0.1, 0.15) is 38.2 Å². The summed E-state index contributed by atoms with van der Waals surface area (Å²) in [6.07, 6.45) is 4.36. The monoisotopic (exact) mass is 247 g/mol. The molecule has 0 aliphatic heterocycles. The van der Waals surface area contributed by atoms with Crippen LogP contribution < -0.4 is 5.32 Å². The Kier molecular flexibility index (Phi) is 4.62. The van der Waals surface area contributed by atoms with Gasteiger partial charge in [-0.3, -0.25) is 0 Å². The van der Waals surface area contributed by atoms with Gasteiger partial charge in [-0.05, 0) is 24.3 Å². The summed E-state index contributed by atoms with van der Waals surface area (Å²) in [5, 5.41) is 2.99. The number of alkyl carbamates (subject to hydrolysis) is 1. The zero-order valence-electron chi connectivity index (χ0n) is 10.9. The number of amides is 1. The lowest BCUT2D eigenvalue weighted by Gasteiger charge is -2.19.